The van der Waals surface area contributed by atoms with E-state index in [1.807, 2.05) is 17.6 Å². The lowest BCUT2D eigenvalue weighted by atomic mass is 10.0. The summed E-state index contributed by atoms with van der Waals surface area (Å²) in [6, 6.07) is 4.91. The normalized spacial score (nSPS) is 20.7. The number of piperidine rings is 1. The van der Waals surface area contributed by atoms with Crippen LogP contribution in [0.25, 0.3) is 10.9 Å². The Morgan fingerprint density at radius 3 is 2.97 bits per heavy atom. The third-order valence-electron chi connectivity index (χ3n) is 6.52. The topological polar surface area (TPSA) is 85.4 Å². The van der Waals surface area contributed by atoms with E-state index in [1.165, 1.54) is 0 Å². The van der Waals surface area contributed by atoms with Gasteiger partial charge < -0.3 is 20.4 Å². The van der Waals surface area contributed by atoms with Gasteiger partial charge in [-0.1, -0.05) is 6.07 Å². The van der Waals surface area contributed by atoms with Crippen molar-refractivity contribution in [3.8, 4) is 5.75 Å². The van der Waals surface area contributed by atoms with Crippen LogP contribution in [0, 0.1) is 11.6 Å². The van der Waals surface area contributed by atoms with E-state index in [9.17, 15) is 13.6 Å². The Hall–Kier alpha value is -3.04. The number of anilines is 1. The molecular formula is C24H27F2N5O2. The number of hydrogen-bond acceptors (Lipinski definition) is 6. The molecule has 0 spiro atoms. The van der Waals surface area contributed by atoms with Crippen molar-refractivity contribution < 1.29 is 13.5 Å². The summed E-state index contributed by atoms with van der Waals surface area (Å²) in [7, 11) is 0. The SMILES string of the molecule is CC1COc2c(F)c(F)cc3c(=O)c(CN[C@H]4CCCN(Cc5ccc(N)nc5)C4)cn1c23. The highest BCUT2D eigenvalue weighted by atomic mass is 19.2. The fourth-order valence-electron chi connectivity index (χ4n) is 4.78. The summed E-state index contributed by atoms with van der Waals surface area (Å²) in [6.07, 6.45) is 5.61. The van der Waals surface area contributed by atoms with E-state index in [4.69, 9.17) is 10.5 Å². The number of aromatic nitrogens is 2. The van der Waals surface area contributed by atoms with Gasteiger partial charge in [-0.3, -0.25) is 9.69 Å². The first-order chi connectivity index (χ1) is 15.9. The van der Waals surface area contributed by atoms with Crippen molar-refractivity contribution in [1.29, 1.82) is 0 Å². The summed E-state index contributed by atoms with van der Waals surface area (Å²) in [6.45, 7) is 5.14. The summed E-state index contributed by atoms with van der Waals surface area (Å²) >= 11 is 0. The molecule has 0 bridgehead atoms. The highest BCUT2D eigenvalue weighted by molar-refractivity contribution is 5.86. The van der Waals surface area contributed by atoms with Crippen LogP contribution in [-0.4, -0.2) is 40.2 Å². The van der Waals surface area contributed by atoms with Gasteiger partial charge in [0.2, 0.25) is 5.82 Å². The van der Waals surface area contributed by atoms with Gasteiger partial charge in [-0.25, -0.2) is 9.37 Å². The highest BCUT2D eigenvalue weighted by Gasteiger charge is 2.27. The fraction of sp³-hybridized carbons (Fsp3) is 0.417. The average molecular weight is 456 g/mol. The maximum atomic E-state index is 14.3. The first kappa shape index (κ1) is 21.8. The van der Waals surface area contributed by atoms with Gasteiger partial charge in [0.1, 0.15) is 12.4 Å². The molecule has 2 aliphatic rings. The molecule has 9 heteroatoms. The Morgan fingerprint density at radius 1 is 1.33 bits per heavy atom. The first-order valence-electron chi connectivity index (χ1n) is 11.3. The molecule has 2 atom stereocenters. The molecule has 1 unspecified atom stereocenters. The maximum absolute atomic E-state index is 14.3. The van der Waals surface area contributed by atoms with Crippen molar-refractivity contribution in [1.82, 2.24) is 19.8 Å². The van der Waals surface area contributed by atoms with Crippen molar-refractivity contribution in [3.63, 3.8) is 0 Å². The largest absolute Gasteiger partial charge is 0.486 e. The zero-order valence-electron chi connectivity index (χ0n) is 18.5. The molecule has 7 nitrogen and oxygen atoms in total. The Bertz CT molecular complexity index is 1240. The molecule has 4 heterocycles. The lowest BCUT2D eigenvalue weighted by molar-refractivity contribution is 0.182. The number of nitrogens with one attached hydrogen (secondary N) is 1. The number of ether oxygens (including phenoxy) is 1. The fourth-order valence-corrected chi connectivity index (χ4v) is 4.78. The second-order valence-electron chi connectivity index (χ2n) is 8.99. The van der Waals surface area contributed by atoms with Crippen LogP contribution in [0.4, 0.5) is 14.6 Å². The second-order valence-corrected chi connectivity index (χ2v) is 8.99. The predicted molar refractivity (Wildman–Crippen MR) is 122 cm³/mol. The van der Waals surface area contributed by atoms with Crippen LogP contribution in [0.3, 0.4) is 0 Å². The van der Waals surface area contributed by atoms with E-state index in [2.05, 4.69) is 15.2 Å². The number of nitrogen functional groups attached to an aromatic ring is 1. The maximum Gasteiger partial charge on any atom is 0.202 e. The third-order valence-corrected chi connectivity index (χ3v) is 6.52. The van der Waals surface area contributed by atoms with Crippen molar-refractivity contribution >= 4 is 16.7 Å². The van der Waals surface area contributed by atoms with Crippen LogP contribution in [0.2, 0.25) is 0 Å². The molecule has 33 heavy (non-hydrogen) atoms. The molecule has 3 N–H and O–H groups in total. The number of nitrogens with zero attached hydrogens (tertiary/aromatic N) is 3. The quantitative estimate of drug-likeness (QED) is 0.615. The van der Waals surface area contributed by atoms with Crippen molar-refractivity contribution in [2.45, 2.75) is 44.9 Å². The molecule has 3 aromatic rings. The zero-order valence-corrected chi connectivity index (χ0v) is 18.5. The molecule has 174 valence electrons. The summed E-state index contributed by atoms with van der Waals surface area (Å²) in [5.74, 6) is -1.79. The van der Waals surface area contributed by atoms with Crippen LogP contribution < -0.4 is 21.2 Å². The number of likely N-dealkylation sites (tertiary alicyclic amines) is 1. The van der Waals surface area contributed by atoms with Crippen molar-refractivity contribution in [2.24, 2.45) is 0 Å². The van der Waals surface area contributed by atoms with Gasteiger partial charge in [0.05, 0.1) is 16.9 Å². The van der Waals surface area contributed by atoms with E-state index in [0.29, 0.717) is 23.4 Å². The van der Waals surface area contributed by atoms with Crippen LogP contribution in [-0.2, 0) is 13.1 Å². The lowest BCUT2D eigenvalue weighted by Crippen LogP contribution is -2.45. The van der Waals surface area contributed by atoms with Crippen LogP contribution >= 0.6 is 0 Å². The summed E-state index contributed by atoms with van der Waals surface area (Å²) in [5, 5.41) is 3.65. The number of rotatable bonds is 5. The monoisotopic (exact) mass is 455 g/mol. The lowest BCUT2D eigenvalue weighted by Gasteiger charge is -2.33. The van der Waals surface area contributed by atoms with Gasteiger partial charge >= 0.3 is 0 Å². The molecule has 2 aliphatic heterocycles. The molecule has 0 radical (unpaired) electrons. The Balaban J connectivity index is 1.34. The second kappa shape index (κ2) is 8.72. The molecule has 1 aromatic carbocycles. The molecule has 0 aliphatic carbocycles. The summed E-state index contributed by atoms with van der Waals surface area (Å²) in [5.41, 5.74) is 7.34. The van der Waals surface area contributed by atoms with E-state index in [-0.39, 0.29) is 35.3 Å². The van der Waals surface area contributed by atoms with E-state index in [1.54, 1.807) is 18.5 Å². The Morgan fingerprint density at radius 2 is 2.18 bits per heavy atom. The molecular weight excluding hydrogens is 428 g/mol. The minimum atomic E-state index is -1.07. The van der Waals surface area contributed by atoms with Gasteiger partial charge in [-0.2, -0.15) is 4.39 Å². The van der Waals surface area contributed by atoms with Crippen LogP contribution in [0.5, 0.6) is 5.75 Å². The van der Waals surface area contributed by atoms with E-state index >= 15 is 0 Å². The summed E-state index contributed by atoms with van der Waals surface area (Å²) < 4.78 is 35.7. The number of benzene rings is 1. The number of hydrogen-bond donors (Lipinski definition) is 2. The van der Waals surface area contributed by atoms with Crippen molar-refractivity contribution in [2.75, 3.05) is 25.4 Å². The Labute approximate surface area is 190 Å². The third kappa shape index (κ3) is 4.18. The molecule has 2 aromatic heterocycles. The van der Waals surface area contributed by atoms with Crippen LogP contribution in [0.15, 0.2) is 35.4 Å². The number of pyridine rings is 2. The summed E-state index contributed by atoms with van der Waals surface area (Å²) in [4.78, 5) is 19.6. The van der Waals surface area contributed by atoms with Gasteiger partial charge in [0.15, 0.2) is 17.0 Å². The van der Waals surface area contributed by atoms with Gasteiger partial charge in [0.25, 0.3) is 0 Å². The average Bonchev–Trinajstić information content (AvgIpc) is 2.81. The standard InChI is InChI=1S/C24H27F2N5O2/c1-14-13-33-24-21(26)19(25)7-18-22(24)31(14)11-16(23(18)32)9-28-17-3-2-6-30(12-17)10-15-4-5-20(27)29-8-15/h4-5,7-8,11,14,17,28H,2-3,6,9-10,12-13H2,1H3,(H2,27,29)/t14?,17-/m0/s1. The van der Waals surface area contributed by atoms with E-state index in [0.717, 1.165) is 44.1 Å². The van der Waals surface area contributed by atoms with Crippen molar-refractivity contribution in [3.05, 3.63) is 63.6 Å². The van der Waals surface area contributed by atoms with E-state index < -0.39 is 11.6 Å². The van der Waals surface area contributed by atoms with Gasteiger partial charge in [0, 0.05) is 43.6 Å². The van der Waals surface area contributed by atoms with Gasteiger partial charge in [-0.15, -0.1) is 0 Å². The first-order valence-corrected chi connectivity index (χ1v) is 11.3. The molecule has 5 rings (SSSR count). The molecule has 0 amide bonds. The molecule has 1 fully saturated rings. The minimum absolute atomic E-state index is 0.0945. The molecule has 0 saturated carbocycles. The highest BCUT2D eigenvalue weighted by Crippen LogP contribution is 2.35. The molecule has 1 saturated heterocycles. The Kier molecular flexibility index (Phi) is 5.76. The zero-order chi connectivity index (χ0) is 23.1. The number of nitrogens with two attached hydrogens (primary N) is 1. The van der Waals surface area contributed by atoms with Gasteiger partial charge in [-0.05, 0) is 44.0 Å². The smallest absolute Gasteiger partial charge is 0.202 e. The predicted octanol–water partition coefficient (Wildman–Crippen LogP) is 2.96. The number of halogens is 2. The van der Waals surface area contributed by atoms with Crippen LogP contribution in [0.1, 0.15) is 36.9 Å². The minimum Gasteiger partial charge on any atom is -0.486 e.